The third kappa shape index (κ3) is 4.34. The van der Waals surface area contributed by atoms with E-state index in [0.29, 0.717) is 12.6 Å². The number of aryl methyl sites for hydroxylation is 1. The van der Waals surface area contributed by atoms with Gasteiger partial charge in [0.25, 0.3) is 0 Å². The zero-order valence-electron chi connectivity index (χ0n) is 16.2. The van der Waals surface area contributed by atoms with Gasteiger partial charge in [0.2, 0.25) is 0 Å². The summed E-state index contributed by atoms with van der Waals surface area (Å²) in [6.45, 7) is 1.27. The fourth-order valence-electron chi connectivity index (χ4n) is 3.80. The maximum atomic E-state index is 6.01. The highest BCUT2D eigenvalue weighted by atomic mass is 16.5. The minimum absolute atomic E-state index is 0.409. The molecule has 1 atom stereocenters. The third-order valence-corrected chi connectivity index (χ3v) is 5.27. The van der Waals surface area contributed by atoms with Crippen molar-refractivity contribution in [2.24, 2.45) is 0 Å². The standard InChI is InChI=1S/C24H26N2O2/c1-27-23-12-11-18(14-24(23)28-17-19-6-5-13-25-15-19)16-26-22-10-4-8-20-7-2-3-9-21(20)22/h2-3,5-7,9,11-15,22,26H,4,8,10,16-17H2,1H3/t22-/m1/s1. The van der Waals surface area contributed by atoms with Crippen molar-refractivity contribution in [1.29, 1.82) is 0 Å². The first-order valence-corrected chi connectivity index (χ1v) is 9.83. The molecule has 0 saturated heterocycles. The van der Waals surface area contributed by atoms with Crippen molar-refractivity contribution in [2.45, 2.75) is 38.5 Å². The van der Waals surface area contributed by atoms with Crippen LogP contribution in [0, 0.1) is 0 Å². The molecule has 0 saturated carbocycles. The second kappa shape index (κ2) is 8.89. The fraction of sp³-hybridized carbons (Fsp3) is 0.292. The maximum Gasteiger partial charge on any atom is 0.161 e. The van der Waals surface area contributed by atoms with Crippen LogP contribution in [0.2, 0.25) is 0 Å². The normalized spacial score (nSPS) is 15.7. The Labute approximate surface area is 166 Å². The van der Waals surface area contributed by atoms with E-state index >= 15 is 0 Å². The number of nitrogens with one attached hydrogen (secondary N) is 1. The number of ether oxygens (including phenoxy) is 2. The molecule has 0 spiro atoms. The van der Waals surface area contributed by atoms with Crippen molar-refractivity contribution in [1.82, 2.24) is 10.3 Å². The molecule has 1 aliphatic rings. The molecule has 4 heteroatoms. The van der Waals surface area contributed by atoms with E-state index in [1.165, 1.54) is 36.0 Å². The van der Waals surface area contributed by atoms with E-state index in [4.69, 9.17) is 9.47 Å². The first kappa shape index (κ1) is 18.5. The Balaban J connectivity index is 1.44. The van der Waals surface area contributed by atoms with Gasteiger partial charge in [0.15, 0.2) is 11.5 Å². The van der Waals surface area contributed by atoms with Gasteiger partial charge in [0.1, 0.15) is 6.61 Å². The monoisotopic (exact) mass is 374 g/mol. The topological polar surface area (TPSA) is 43.4 Å². The summed E-state index contributed by atoms with van der Waals surface area (Å²) in [5.74, 6) is 1.50. The first-order valence-electron chi connectivity index (χ1n) is 9.83. The number of fused-ring (bicyclic) bond motifs is 1. The molecule has 4 rings (SSSR count). The second-order valence-corrected chi connectivity index (χ2v) is 7.16. The van der Waals surface area contributed by atoms with Crippen LogP contribution < -0.4 is 14.8 Å². The van der Waals surface area contributed by atoms with E-state index in [-0.39, 0.29) is 0 Å². The Kier molecular flexibility index (Phi) is 5.88. The van der Waals surface area contributed by atoms with Crippen molar-refractivity contribution in [3.63, 3.8) is 0 Å². The molecular formula is C24H26N2O2. The second-order valence-electron chi connectivity index (χ2n) is 7.16. The van der Waals surface area contributed by atoms with E-state index in [2.05, 4.69) is 46.7 Å². The molecule has 0 fully saturated rings. The van der Waals surface area contributed by atoms with Gasteiger partial charge in [-0.15, -0.1) is 0 Å². The predicted octanol–water partition coefficient (Wildman–Crippen LogP) is 4.84. The number of pyridine rings is 1. The Morgan fingerprint density at radius 3 is 2.82 bits per heavy atom. The third-order valence-electron chi connectivity index (χ3n) is 5.27. The van der Waals surface area contributed by atoms with Crippen molar-refractivity contribution in [2.75, 3.05) is 7.11 Å². The van der Waals surface area contributed by atoms with Gasteiger partial charge in [-0.2, -0.15) is 0 Å². The summed E-state index contributed by atoms with van der Waals surface area (Å²) in [4.78, 5) is 4.14. The van der Waals surface area contributed by atoms with Crippen LogP contribution in [0.25, 0.3) is 0 Å². The molecule has 28 heavy (non-hydrogen) atoms. The minimum Gasteiger partial charge on any atom is -0.493 e. The lowest BCUT2D eigenvalue weighted by Gasteiger charge is -2.26. The van der Waals surface area contributed by atoms with Gasteiger partial charge < -0.3 is 14.8 Å². The molecule has 0 amide bonds. The van der Waals surface area contributed by atoms with Crippen LogP contribution in [0.5, 0.6) is 11.5 Å². The quantitative estimate of drug-likeness (QED) is 0.643. The lowest BCUT2D eigenvalue weighted by Crippen LogP contribution is -2.24. The van der Waals surface area contributed by atoms with Gasteiger partial charge in [0.05, 0.1) is 7.11 Å². The molecule has 1 heterocycles. The van der Waals surface area contributed by atoms with Crippen LogP contribution in [0.1, 0.15) is 41.1 Å². The zero-order chi connectivity index (χ0) is 19.2. The molecule has 3 aromatic rings. The van der Waals surface area contributed by atoms with Gasteiger partial charge in [-0.05, 0) is 54.2 Å². The van der Waals surface area contributed by atoms with Gasteiger partial charge in [-0.3, -0.25) is 4.98 Å². The first-order chi connectivity index (χ1) is 13.8. The van der Waals surface area contributed by atoms with Crippen LogP contribution in [0.4, 0.5) is 0 Å². The van der Waals surface area contributed by atoms with E-state index in [9.17, 15) is 0 Å². The van der Waals surface area contributed by atoms with Crippen LogP contribution >= 0.6 is 0 Å². The fourth-order valence-corrected chi connectivity index (χ4v) is 3.80. The molecule has 0 unspecified atom stereocenters. The number of rotatable bonds is 7. The predicted molar refractivity (Wildman–Crippen MR) is 111 cm³/mol. The summed E-state index contributed by atoms with van der Waals surface area (Å²) >= 11 is 0. The lowest BCUT2D eigenvalue weighted by molar-refractivity contribution is 0.283. The van der Waals surface area contributed by atoms with E-state index < -0.39 is 0 Å². The number of hydrogen-bond acceptors (Lipinski definition) is 4. The van der Waals surface area contributed by atoms with E-state index in [1.54, 1.807) is 13.3 Å². The summed E-state index contributed by atoms with van der Waals surface area (Å²) in [7, 11) is 1.67. The molecule has 144 valence electrons. The largest absolute Gasteiger partial charge is 0.493 e. The van der Waals surface area contributed by atoms with Crippen molar-refractivity contribution in [3.05, 3.63) is 89.2 Å². The minimum atomic E-state index is 0.409. The van der Waals surface area contributed by atoms with E-state index in [1.807, 2.05) is 24.4 Å². The summed E-state index contributed by atoms with van der Waals surface area (Å²) in [5.41, 5.74) is 5.13. The van der Waals surface area contributed by atoms with E-state index in [0.717, 1.165) is 23.6 Å². The molecule has 1 aromatic heterocycles. The maximum absolute atomic E-state index is 6.01. The molecule has 4 nitrogen and oxygen atoms in total. The van der Waals surface area contributed by atoms with Gasteiger partial charge in [-0.1, -0.05) is 36.4 Å². The van der Waals surface area contributed by atoms with Gasteiger partial charge >= 0.3 is 0 Å². The molecule has 0 bridgehead atoms. The van der Waals surface area contributed by atoms with Gasteiger partial charge in [-0.25, -0.2) is 0 Å². The summed E-state index contributed by atoms with van der Waals surface area (Å²) in [6.07, 6.45) is 7.18. The van der Waals surface area contributed by atoms with Crippen LogP contribution in [-0.4, -0.2) is 12.1 Å². The smallest absolute Gasteiger partial charge is 0.161 e. The average Bonchev–Trinajstić information content (AvgIpc) is 2.77. The zero-order valence-corrected chi connectivity index (χ0v) is 16.2. The summed E-state index contributed by atoms with van der Waals surface area (Å²) in [5, 5.41) is 3.73. The number of methoxy groups -OCH3 is 1. The SMILES string of the molecule is COc1ccc(CN[C@@H]2CCCc3ccccc32)cc1OCc1cccnc1. The Morgan fingerprint density at radius 2 is 1.96 bits per heavy atom. The Morgan fingerprint density at radius 1 is 1.04 bits per heavy atom. The van der Waals surface area contributed by atoms with Crippen molar-refractivity contribution >= 4 is 0 Å². The van der Waals surface area contributed by atoms with Crippen LogP contribution in [0.3, 0.4) is 0 Å². The lowest BCUT2D eigenvalue weighted by atomic mass is 9.87. The Hall–Kier alpha value is -2.85. The molecule has 0 radical (unpaired) electrons. The van der Waals surface area contributed by atoms with Gasteiger partial charge in [0, 0.05) is 30.5 Å². The highest BCUT2D eigenvalue weighted by Gasteiger charge is 2.19. The van der Waals surface area contributed by atoms with Crippen LogP contribution in [-0.2, 0) is 19.6 Å². The average molecular weight is 374 g/mol. The number of benzene rings is 2. The molecule has 0 aliphatic heterocycles. The van der Waals surface area contributed by atoms with Crippen molar-refractivity contribution in [3.8, 4) is 11.5 Å². The highest BCUT2D eigenvalue weighted by Crippen LogP contribution is 2.31. The molecule has 1 aliphatic carbocycles. The summed E-state index contributed by atoms with van der Waals surface area (Å²) in [6, 6.07) is 19.2. The summed E-state index contributed by atoms with van der Waals surface area (Å²) < 4.78 is 11.5. The molecule has 1 N–H and O–H groups in total. The number of aromatic nitrogens is 1. The highest BCUT2D eigenvalue weighted by molar-refractivity contribution is 5.43. The number of hydrogen-bond donors (Lipinski definition) is 1. The number of nitrogens with zero attached hydrogens (tertiary/aromatic N) is 1. The van der Waals surface area contributed by atoms with Crippen molar-refractivity contribution < 1.29 is 9.47 Å². The molecule has 2 aromatic carbocycles. The van der Waals surface area contributed by atoms with Crippen LogP contribution in [0.15, 0.2) is 67.0 Å². The Bertz CT molecular complexity index is 911. The molecular weight excluding hydrogens is 348 g/mol.